The van der Waals surface area contributed by atoms with Crippen LogP contribution in [0.3, 0.4) is 0 Å². The van der Waals surface area contributed by atoms with Crippen LogP contribution in [0, 0.1) is 6.92 Å². The number of nitrogens with one attached hydrogen (secondary N) is 2. The molecule has 0 spiro atoms. The first-order valence-corrected chi connectivity index (χ1v) is 11.0. The van der Waals surface area contributed by atoms with E-state index in [9.17, 15) is 9.59 Å². The predicted octanol–water partition coefficient (Wildman–Crippen LogP) is 4.78. The van der Waals surface area contributed by atoms with Gasteiger partial charge in [0.15, 0.2) is 12.4 Å². The molecule has 2 heterocycles. The number of hydrogen-bond acceptors (Lipinski definition) is 6. The number of benzene rings is 1. The summed E-state index contributed by atoms with van der Waals surface area (Å²) in [5.41, 5.74) is 4.56. The number of nitrogens with zero attached hydrogens (tertiary/aromatic N) is 2. The summed E-state index contributed by atoms with van der Waals surface area (Å²) >= 11 is 11.9. The van der Waals surface area contributed by atoms with Gasteiger partial charge in [0.1, 0.15) is 17.3 Å². The van der Waals surface area contributed by atoms with Gasteiger partial charge in [0.05, 0.1) is 10.7 Å². The van der Waals surface area contributed by atoms with Crippen molar-refractivity contribution in [2.75, 3.05) is 11.9 Å². The number of halogens is 2. The molecule has 0 saturated carbocycles. The Balaban J connectivity index is 1.44. The van der Waals surface area contributed by atoms with E-state index in [-0.39, 0.29) is 12.4 Å². The fourth-order valence-electron chi connectivity index (χ4n) is 3.50. The lowest BCUT2D eigenvalue weighted by atomic mass is 9.93. The lowest BCUT2D eigenvalue weighted by Gasteiger charge is -2.13. The molecule has 0 unspecified atom stereocenters. The van der Waals surface area contributed by atoms with Crippen molar-refractivity contribution in [1.82, 2.24) is 10.4 Å². The molecule has 170 valence electrons. The van der Waals surface area contributed by atoms with Crippen molar-refractivity contribution in [2.45, 2.75) is 26.2 Å². The van der Waals surface area contributed by atoms with Gasteiger partial charge in [0, 0.05) is 28.8 Å². The quantitative estimate of drug-likeness (QED) is 0.487. The molecule has 33 heavy (non-hydrogen) atoms. The Labute approximate surface area is 199 Å². The van der Waals surface area contributed by atoms with E-state index in [2.05, 4.69) is 20.8 Å². The molecule has 2 amide bonds. The molecule has 0 fully saturated rings. The maximum Gasteiger partial charge on any atom is 0.292 e. The van der Waals surface area contributed by atoms with Crippen molar-refractivity contribution in [1.29, 1.82) is 0 Å². The minimum absolute atomic E-state index is 0.201. The molecule has 0 bridgehead atoms. The van der Waals surface area contributed by atoms with E-state index in [4.69, 9.17) is 32.4 Å². The number of ether oxygens (including phenoxy) is 1. The molecule has 0 radical (unpaired) electrons. The average Bonchev–Trinajstić information content (AvgIpc) is 3.15. The summed E-state index contributed by atoms with van der Waals surface area (Å²) in [6.45, 7) is 1.52. The van der Waals surface area contributed by atoms with Gasteiger partial charge in [0.2, 0.25) is 0 Å². The zero-order chi connectivity index (χ0) is 23.4. The van der Waals surface area contributed by atoms with Crippen LogP contribution in [0.1, 0.15) is 40.3 Å². The van der Waals surface area contributed by atoms with Crippen LogP contribution in [0.2, 0.25) is 10.0 Å². The molecule has 0 saturated heterocycles. The number of hydrogen-bond donors (Lipinski definition) is 2. The highest BCUT2D eigenvalue weighted by Crippen LogP contribution is 2.30. The van der Waals surface area contributed by atoms with Crippen molar-refractivity contribution < 1.29 is 18.7 Å². The smallest absolute Gasteiger partial charge is 0.292 e. The first-order chi connectivity index (χ1) is 15.9. The van der Waals surface area contributed by atoms with Crippen molar-refractivity contribution in [3.8, 4) is 5.75 Å². The molecule has 8 nitrogen and oxygen atoms in total. The lowest BCUT2D eigenvalue weighted by Crippen LogP contribution is -2.27. The largest absolute Gasteiger partial charge is 0.482 e. The Morgan fingerprint density at radius 1 is 1.21 bits per heavy atom. The van der Waals surface area contributed by atoms with E-state index in [0.29, 0.717) is 51.5 Å². The molecule has 2 aromatic heterocycles. The van der Waals surface area contributed by atoms with Crippen LogP contribution in [0.4, 0.5) is 5.82 Å². The summed E-state index contributed by atoms with van der Waals surface area (Å²) in [6.07, 6.45) is 3.69. The molecule has 2 N–H and O–H groups in total. The molecule has 1 aromatic carbocycles. The molecule has 0 aliphatic heterocycles. The molecular formula is C23H20Cl2N4O4. The maximum absolute atomic E-state index is 12.7. The number of aryl methyl sites for hydroxylation is 1. The molecule has 3 aromatic rings. The predicted molar refractivity (Wildman–Crippen MR) is 125 cm³/mol. The molecule has 4 rings (SSSR count). The van der Waals surface area contributed by atoms with Crippen LogP contribution < -0.4 is 15.5 Å². The van der Waals surface area contributed by atoms with Crippen LogP contribution in [-0.4, -0.2) is 29.1 Å². The van der Waals surface area contributed by atoms with Gasteiger partial charge in [-0.1, -0.05) is 29.3 Å². The minimum atomic E-state index is -0.449. The number of furan rings is 1. The molecule has 0 atom stereocenters. The lowest BCUT2D eigenvalue weighted by molar-refractivity contribution is -0.123. The number of anilines is 1. The first kappa shape index (κ1) is 22.8. The topological polar surface area (TPSA) is 106 Å². The second-order valence-corrected chi connectivity index (χ2v) is 8.18. The summed E-state index contributed by atoms with van der Waals surface area (Å²) in [4.78, 5) is 29.0. The number of amides is 2. The van der Waals surface area contributed by atoms with Crippen LogP contribution in [0.15, 0.2) is 52.1 Å². The fraction of sp³-hybridized carbons (Fsp3) is 0.217. The zero-order valence-corrected chi connectivity index (χ0v) is 19.2. The van der Waals surface area contributed by atoms with Gasteiger partial charge in [-0.25, -0.2) is 10.4 Å². The first-order valence-electron chi connectivity index (χ1n) is 10.2. The van der Waals surface area contributed by atoms with Gasteiger partial charge in [-0.05, 0) is 50.1 Å². The second kappa shape index (κ2) is 10.1. The second-order valence-electron chi connectivity index (χ2n) is 7.33. The zero-order valence-electron chi connectivity index (χ0n) is 17.7. The number of aromatic nitrogens is 1. The van der Waals surface area contributed by atoms with Gasteiger partial charge < -0.3 is 14.5 Å². The Morgan fingerprint density at radius 3 is 2.82 bits per heavy atom. The van der Waals surface area contributed by atoms with E-state index >= 15 is 0 Å². The van der Waals surface area contributed by atoms with E-state index in [1.807, 2.05) is 0 Å². The maximum atomic E-state index is 12.7. The normalized spacial score (nSPS) is 14.0. The minimum Gasteiger partial charge on any atom is -0.482 e. The molecule has 1 aliphatic rings. The van der Waals surface area contributed by atoms with Crippen molar-refractivity contribution in [2.24, 2.45) is 5.10 Å². The molecule has 10 heteroatoms. The fourth-order valence-corrected chi connectivity index (χ4v) is 3.97. The average molecular weight is 487 g/mol. The number of rotatable bonds is 6. The van der Waals surface area contributed by atoms with Gasteiger partial charge in [0.25, 0.3) is 11.8 Å². The summed E-state index contributed by atoms with van der Waals surface area (Å²) < 4.78 is 11.3. The highest BCUT2D eigenvalue weighted by Gasteiger charge is 2.28. The molecule has 1 aliphatic carbocycles. The SMILES string of the molecule is Cc1c(C(=O)Nc2ccccn2)oc2c1/C(=N/NC(=O)COc1ccc(Cl)cc1Cl)CCC2. The van der Waals surface area contributed by atoms with E-state index in [1.54, 1.807) is 43.5 Å². The summed E-state index contributed by atoms with van der Waals surface area (Å²) in [5.74, 6) is 0.804. The van der Waals surface area contributed by atoms with Gasteiger partial charge in [-0.3, -0.25) is 9.59 Å². The standard InChI is InChI=1S/C23H20Cl2N4O4/c1-13-21-16(28-29-20(30)12-32-17-9-8-14(24)11-15(17)25)5-4-6-18(21)33-22(13)23(31)27-19-7-2-3-10-26-19/h2-3,7-11H,4-6,12H2,1H3,(H,29,30)(H,26,27,31)/b28-16+. The Bertz CT molecular complexity index is 1220. The van der Waals surface area contributed by atoms with Crippen LogP contribution in [0.25, 0.3) is 0 Å². The summed E-state index contributed by atoms with van der Waals surface area (Å²) in [6, 6.07) is 9.97. The van der Waals surface area contributed by atoms with E-state index in [0.717, 1.165) is 12.0 Å². The molecular weight excluding hydrogens is 467 g/mol. The van der Waals surface area contributed by atoms with Crippen LogP contribution >= 0.6 is 23.2 Å². The van der Waals surface area contributed by atoms with Crippen molar-refractivity contribution >= 4 is 46.5 Å². The third-order valence-corrected chi connectivity index (χ3v) is 5.54. The Hall–Kier alpha value is -3.36. The van der Waals surface area contributed by atoms with Crippen LogP contribution in [-0.2, 0) is 11.2 Å². The van der Waals surface area contributed by atoms with Gasteiger partial charge in [-0.2, -0.15) is 5.10 Å². The summed E-state index contributed by atoms with van der Waals surface area (Å²) in [7, 11) is 0. The third kappa shape index (κ3) is 5.35. The number of carbonyl (C=O) groups is 2. The van der Waals surface area contributed by atoms with Gasteiger partial charge >= 0.3 is 0 Å². The monoisotopic (exact) mass is 486 g/mol. The van der Waals surface area contributed by atoms with Gasteiger partial charge in [-0.15, -0.1) is 0 Å². The van der Waals surface area contributed by atoms with E-state index < -0.39 is 11.8 Å². The Morgan fingerprint density at radius 2 is 2.06 bits per heavy atom. The number of fused-ring (bicyclic) bond motifs is 1. The summed E-state index contributed by atoms with van der Waals surface area (Å²) in [5, 5.41) is 7.78. The number of pyridine rings is 1. The van der Waals surface area contributed by atoms with E-state index in [1.165, 1.54) is 6.07 Å². The van der Waals surface area contributed by atoms with Crippen molar-refractivity contribution in [3.63, 3.8) is 0 Å². The van der Waals surface area contributed by atoms with Crippen molar-refractivity contribution in [3.05, 3.63) is 75.3 Å². The highest BCUT2D eigenvalue weighted by atomic mass is 35.5. The third-order valence-electron chi connectivity index (χ3n) is 5.01. The van der Waals surface area contributed by atoms with Crippen LogP contribution in [0.5, 0.6) is 5.75 Å². The Kier molecular flexibility index (Phi) is 6.96. The number of hydrazone groups is 1. The number of carbonyl (C=O) groups excluding carboxylic acids is 2. The highest BCUT2D eigenvalue weighted by molar-refractivity contribution is 6.35.